The highest BCUT2D eigenvalue weighted by atomic mass is 35.5. The molecule has 0 aromatic carbocycles. The van der Waals surface area contributed by atoms with Gasteiger partial charge in [-0.3, -0.25) is 10.1 Å². The van der Waals surface area contributed by atoms with Gasteiger partial charge >= 0.3 is 5.69 Å². The molecular weight excluding hydrogens is 246 g/mol. The van der Waals surface area contributed by atoms with Crippen LogP contribution in [0.1, 0.15) is 12.8 Å². The van der Waals surface area contributed by atoms with Crippen LogP contribution in [0.15, 0.2) is 12.1 Å². The van der Waals surface area contributed by atoms with Crippen LogP contribution < -0.4 is 5.32 Å². The van der Waals surface area contributed by atoms with Crippen molar-refractivity contribution in [3.8, 4) is 0 Å². The molecule has 1 aromatic rings. The summed E-state index contributed by atoms with van der Waals surface area (Å²) in [5.41, 5.74) is -0.141. The normalized spacial score (nSPS) is 16.6. The number of halogens is 1. The van der Waals surface area contributed by atoms with E-state index in [-0.39, 0.29) is 23.2 Å². The van der Waals surface area contributed by atoms with Gasteiger partial charge in [0, 0.05) is 12.6 Å². The van der Waals surface area contributed by atoms with E-state index < -0.39 is 11.0 Å². The van der Waals surface area contributed by atoms with Crippen LogP contribution in [0.5, 0.6) is 0 Å². The highest BCUT2D eigenvalue weighted by molar-refractivity contribution is 6.29. The molecule has 0 bridgehead atoms. The molecule has 1 aliphatic carbocycles. The predicted molar refractivity (Wildman–Crippen MR) is 63.1 cm³/mol. The summed E-state index contributed by atoms with van der Waals surface area (Å²) in [6.45, 7) is 0.249. The monoisotopic (exact) mass is 257 g/mol. The summed E-state index contributed by atoms with van der Waals surface area (Å²) in [6.07, 6.45) is 1.53. The van der Waals surface area contributed by atoms with Crippen LogP contribution in [0.4, 0.5) is 11.5 Å². The summed E-state index contributed by atoms with van der Waals surface area (Å²) in [6, 6.07) is 2.66. The molecule has 0 radical (unpaired) electrons. The first-order valence-corrected chi connectivity index (χ1v) is 5.68. The third-order valence-corrected chi connectivity index (χ3v) is 2.89. The topological polar surface area (TPSA) is 88.3 Å². The molecule has 7 heteroatoms. The van der Waals surface area contributed by atoms with Crippen molar-refractivity contribution >= 4 is 23.1 Å². The summed E-state index contributed by atoms with van der Waals surface area (Å²) in [5, 5.41) is 23.3. The van der Waals surface area contributed by atoms with E-state index in [4.69, 9.17) is 11.6 Å². The van der Waals surface area contributed by atoms with E-state index in [1.54, 1.807) is 0 Å². The molecule has 0 aliphatic heterocycles. The van der Waals surface area contributed by atoms with Gasteiger partial charge in [-0.15, -0.1) is 0 Å². The summed E-state index contributed by atoms with van der Waals surface area (Å²) in [5.74, 6) is 0.406. The smallest absolute Gasteiger partial charge is 0.311 e. The fraction of sp³-hybridized carbons (Fsp3) is 0.500. The van der Waals surface area contributed by atoms with Crippen molar-refractivity contribution in [3.63, 3.8) is 0 Å². The number of rotatable bonds is 5. The average Bonchev–Trinajstić information content (AvgIpc) is 3.09. The van der Waals surface area contributed by atoms with Gasteiger partial charge in [0.25, 0.3) is 0 Å². The average molecular weight is 258 g/mol. The van der Waals surface area contributed by atoms with Gasteiger partial charge in [-0.05, 0) is 24.8 Å². The Labute approximate surface area is 103 Å². The van der Waals surface area contributed by atoms with Gasteiger partial charge < -0.3 is 10.4 Å². The van der Waals surface area contributed by atoms with Crippen molar-refractivity contribution in [1.29, 1.82) is 0 Å². The number of nitrogens with zero attached hydrogens (tertiary/aromatic N) is 2. The summed E-state index contributed by atoms with van der Waals surface area (Å²) in [7, 11) is 0. The molecule has 1 unspecified atom stereocenters. The van der Waals surface area contributed by atoms with Gasteiger partial charge in [-0.25, -0.2) is 4.98 Å². The summed E-state index contributed by atoms with van der Waals surface area (Å²) < 4.78 is 0. The van der Waals surface area contributed by atoms with Crippen LogP contribution in [0.2, 0.25) is 5.15 Å². The van der Waals surface area contributed by atoms with E-state index in [1.165, 1.54) is 12.1 Å². The zero-order chi connectivity index (χ0) is 12.4. The molecule has 1 saturated carbocycles. The third kappa shape index (κ3) is 3.04. The maximum absolute atomic E-state index is 10.7. The lowest BCUT2D eigenvalue weighted by Gasteiger charge is -2.11. The van der Waals surface area contributed by atoms with E-state index in [0.29, 0.717) is 5.92 Å². The maximum Gasteiger partial charge on any atom is 0.311 e. The second-order valence-electron chi connectivity index (χ2n) is 4.04. The van der Waals surface area contributed by atoms with E-state index in [0.717, 1.165) is 12.8 Å². The lowest BCUT2D eigenvalue weighted by Crippen LogP contribution is -2.22. The molecule has 2 rings (SSSR count). The fourth-order valence-electron chi connectivity index (χ4n) is 1.55. The van der Waals surface area contributed by atoms with E-state index in [1.807, 2.05) is 0 Å². The number of aliphatic hydroxyl groups excluding tert-OH is 1. The van der Waals surface area contributed by atoms with Crippen LogP contribution in [-0.2, 0) is 0 Å². The number of anilines is 1. The van der Waals surface area contributed by atoms with Gasteiger partial charge in [0.1, 0.15) is 5.15 Å². The molecule has 0 amide bonds. The van der Waals surface area contributed by atoms with Crippen molar-refractivity contribution < 1.29 is 10.0 Å². The van der Waals surface area contributed by atoms with Crippen LogP contribution in [-0.4, -0.2) is 27.7 Å². The molecule has 6 nitrogen and oxygen atoms in total. The number of nitro groups is 1. The van der Waals surface area contributed by atoms with Crippen LogP contribution in [0.25, 0.3) is 0 Å². The number of nitrogens with one attached hydrogen (secondary N) is 1. The minimum absolute atomic E-state index is 0.0993. The predicted octanol–water partition coefficient (Wildman–Crippen LogP) is 1.83. The molecular formula is C10H12ClN3O3. The van der Waals surface area contributed by atoms with Crippen molar-refractivity contribution in [1.82, 2.24) is 4.98 Å². The standard InChI is InChI=1S/C10H12ClN3O3/c11-9-4-3-7(14(16)17)10(13-9)12-5-8(15)6-1-2-6/h3-4,6,8,15H,1-2,5H2,(H,12,13). The SMILES string of the molecule is O=[N+]([O-])c1ccc(Cl)nc1NCC(O)C1CC1. The minimum Gasteiger partial charge on any atom is -0.391 e. The molecule has 17 heavy (non-hydrogen) atoms. The Hall–Kier alpha value is -1.40. The van der Waals surface area contributed by atoms with E-state index >= 15 is 0 Å². The quantitative estimate of drug-likeness (QED) is 0.477. The minimum atomic E-state index is -0.533. The van der Waals surface area contributed by atoms with Crippen molar-refractivity contribution in [2.24, 2.45) is 5.92 Å². The molecule has 1 aliphatic rings. The first kappa shape index (κ1) is 12.1. The lowest BCUT2D eigenvalue weighted by atomic mass is 10.2. The zero-order valence-corrected chi connectivity index (χ0v) is 9.72. The van der Waals surface area contributed by atoms with Gasteiger partial charge in [0.05, 0.1) is 11.0 Å². The fourth-order valence-corrected chi connectivity index (χ4v) is 1.70. The summed E-state index contributed by atoms with van der Waals surface area (Å²) >= 11 is 5.68. The number of aliphatic hydroxyl groups is 1. The Morgan fingerprint density at radius 2 is 2.35 bits per heavy atom. The highest BCUT2D eigenvalue weighted by Gasteiger charge is 2.30. The summed E-state index contributed by atoms with van der Waals surface area (Å²) in [4.78, 5) is 14.1. The first-order valence-electron chi connectivity index (χ1n) is 5.31. The molecule has 1 aromatic heterocycles. The molecule has 2 N–H and O–H groups in total. The Kier molecular flexibility index (Phi) is 3.44. The van der Waals surface area contributed by atoms with Gasteiger partial charge in [-0.1, -0.05) is 11.6 Å². The van der Waals surface area contributed by atoms with Crippen LogP contribution in [0.3, 0.4) is 0 Å². The molecule has 1 fully saturated rings. The molecule has 1 heterocycles. The zero-order valence-electron chi connectivity index (χ0n) is 8.97. The Bertz CT molecular complexity index is 437. The number of hydrogen-bond acceptors (Lipinski definition) is 5. The highest BCUT2D eigenvalue weighted by Crippen LogP contribution is 2.33. The Balaban J connectivity index is 2.07. The number of hydrogen-bond donors (Lipinski definition) is 2. The second-order valence-corrected chi connectivity index (χ2v) is 4.43. The van der Waals surface area contributed by atoms with Gasteiger partial charge in [0.15, 0.2) is 0 Å². The first-order chi connectivity index (χ1) is 8.08. The third-order valence-electron chi connectivity index (χ3n) is 2.68. The van der Waals surface area contributed by atoms with Gasteiger partial charge in [0.2, 0.25) is 5.82 Å². The van der Waals surface area contributed by atoms with Crippen LogP contribution in [0, 0.1) is 16.0 Å². The largest absolute Gasteiger partial charge is 0.391 e. The van der Waals surface area contributed by atoms with Crippen molar-refractivity contribution in [3.05, 3.63) is 27.4 Å². The maximum atomic E-state index is 10.7. The van der Waals surface area contributed by atoms with E-state index in [2.05, 4.69) is 10.3 Å². The molecule has 1 atom stereocenters. The van der Waals surface area contributed by atoms with Gasteiger partial charge in [-0.2, -0.15) is 0 Å². The van der Waals surface area contributed by atoms with E-state index in [9.17, 15) is 15.2 Å². The van der Waals surface area contributed by atoms with Crippen molar-refractivity contribution in [2.75, 3.05) is 11.9 Å². The Morgan fingerprint density at radius 1 is 1.65 bits per heavy atom. The second kappa shape index (κ2) is 4.85. The number of pyridine rings is 1. The molecule has 92 valence electrons. The Morgan fingerprint density at radius 3 is 2.94 bits per heavy atom. The number of aromatic nitrogens is 1. The molecule has 0 saturated heterocycles. The lowest BCUT2D eigenvalue weighted by molar-refractivity contribution is -0.384. The van der Waals surface area contributed by atoms with Crippen molar-refractivity contribution in [2.45, 2.75) is 18.9 Å². The van der Waals surface area contributed by atoms with Crippen LogP contribution >= 0.6 is 11.6 Å². The molecule has 0 spiro atoms.